The molecule has 1 aliphatic heterocycles. The number of piperazine rings is 1. The van der Waals surface area contributed by atoms with E-state index in [-0.39, 0.29) is 18.3 Å². The fraction of sp³-hybridized carbons (Fsp3) is 0.400. The van der Waals surface area contributed by atoms with Gasteiger partial charge in [-0.05, 0) is 31.2 Å². The summed E-state index contributed by atoms with van der Waals surface area (Å²) in [4.78, 5) is 23.2. The average Bonchev–Trinajstić information content (AvgIpc) is 3.20. The standard InChI is InChI=1S/C20H22F3N7O2/c1-13-11-16(30-19(24-13)26-18(27-30)20(21,22)23)25-14-3-5-15(6-4-14)29-9-7-28(8-10-29)12-17(31)32-2/h3-6,11,25H,7-10,12H2,1-2H3. The Balaban J connectivity index is 1.46. The van der Waals surface area contributed by atoms with Crippen molar-refractivity contribution in [3.63, 3.8) is 0 Å². The van der Waals surface area contributed by atoms with E-state index in [9.17, 15) is 18.0 Å². The van der Waals surface area contributed by atoms with Crippen molar-refractivity contribution in [1.29, 1.82) is 0 Å². The number of hydrogen-bond donors (Lipinski definition) is 1. The van der Waals surface area contributed by atoms with Gasteiger partial charge in [-0.2, -0.15) is 22.7 Å². The number of ether oxygens (including phenoxy) is 1. The van der Waals surface area contributed by atoms with Gasteiger partial charge in [0.15, 0.2) is 0 Å². The van der Waals surface area contributed by atoms with Crippen LogP contribution in [0.4, 0.5) is 30.4 Å². The van der Waals surface area contributed by atoms with E-state index in [1.54, 1.807) is 13.0 Å². The molecule has 0 saturated carbocycles. The molecule has 1 fully saturated rings. The number of aromatic nitrogens is 4. The molecule has 0 spiro atoms. The lowest BCUT2D eigenvalue weighted by molar-refractivity contribution is -0.145. The molecule has 12 heteroatoms. The number of halogens is 3. The van der Waals surface area contributed by atoms with E-state index in [2.05, 4.69) is 25.3 Å². The van der Waals surface area contributed by atoms with E-state index < -0.39 is 12.0 Å². The first-order valence-electron chi connectivity index (χ1n) is 9.96. The fourth-order valence-corrected chi connectivity index (χ4v) is 3.51. The van der Waals surface area contributed by atoms with Crippen molar-refractivity contribution in [2.24, 2.45) is 0 Å². The molecule has 170 valence electrons. The zero-order valence-corrected chi connectivity index (χ0v) is 17.6. The average molecular weight is 449 g/mol. The first-order chi connectivity index (χ1) is 15.2. The Bertz CT molecular complexity index is 1110. The molecule has 1 aliphatic rings. The molecule has 1 N–H and O–H groups in total. The van der Waals surface area contributed by atoms with E-state index in [4.69, 9.17) is 4.74 Å². The predicted octanol–water partition coefficient (Wildman–Crippen LogP) is 2.49. The van der Waals surface area contributed by atoms with Crippen LogP contribution < -0.4 is 10.2 Å². The maximum absolute atomic E-state index is 13.0. The van der Waals surface area contributed by atoms with Crippen molar-refractivity contribution in [1.82, 2.24) is 24.5 Å². The summed E-state index contributed by atoms with van der Waals surface area (Å²) < 4.78 is 44.7. The van der Waals surface area contributed by atoms with Crippen molar-refractivity contribution in [2.45, 2.75) is 13.1 Å². The highest BCUT2D eigenvalue weighted by molar-refractivity contribution is 5.71. The molecule has 4 rings (SSSR count). The highest BCUT2D eigenvalue weighted by Crippen LogP contribution is 2.28. The summed E-state index contributed by atoms with van der Waals surface area (Å²) in [6.45, 7) is 5.00. The Morgan fingerprint density at radius 1 is 1.12 bits per heavy atom. The van der Waals surface area contributed by atoms with Crippen molar-refractivity contribution in [2.75, 3.05) is 50.1 Å². The van der Waals surface area contributed by atoms with E-state index in [1.807, 2.05) is 29.2 Å². The Hall–Kier alpha value is -3.41. The van der Waals surface area contributed by atoms with Gasteiger partial charge in [0.25, 0.3) is 11.6 Å². The number of carbonyl (C=O) groups is 1. The molecule has 9 nitrogen and oxygen atoms in total. The van der Waals surface area contributed by atoms with E-state index in [1.165, 1.54) is 7.11 Å². The summed E-state index contributed by atoms with van der Waals surface area (Å²) >= 11 is 0. The number of nitrogens with zero attached hydrogens (tertiary/aromatic N) is 6. The third-order valence-corrected chi connectivity index (χ3v) is 5.15. The van der Waals surface area contributed by atoms with E-state index in [0.29, 0.717) is 17.2 Å². The summed E-state index contributed by atoms with van der Waals surface area (Å²) in [5, 5.41) is 6.65. The van der Waals surface area contributed by atoms with Crippen LogP contribution in [0.25, 0.3) is 5.78 Å². The molecular formula is C20H22F3N7O2. The Kier molecular flexibility index (Phi) is 5.87. The molecule has 2 aromatic heterocycles. The Morgan fingerprint density at radius 3 is 2.44 bits per heavy atom. The molecule has 0 atom stereocenters. The lowest BCUT2D eigenvalue weighted by Crippen LogP contribution is -2.48. The minimum atomic E-state index is -4.65. The molecule has 1 saturated heterocycles. The topological polar surface area (TPSA) is 87.9 Å². The van der Waals surface area contributed by atoms with Gasteiger partial charge in [-0.15, -0.1) is 5.10 Å². The van der Waals surface area contributed by atoms with Gasteiger partial charge in [-0.3, -0.25) is 9.69 Å². The Morgan fingerprint density at radius 2 is 1.81 bits per heavy atom. The lowest BCUT2D eigenvalue weighted by atomic mass is 10.2. The summed E-state index contributed by atoms with van der Waals surface area (Å²) in [5.41, 5.74) is 2.22. The second kappa shape index (κ2) is 8.61. The summed E-state index contributed by atoms with van der Waals surface area (Å²) in [5.74, 6) is -1.27. The number of fused-ring (bicyclic) bond motifs is 1. The van der Waals surface area contributed by atoms with Crippen LogP contribution in [0.5, 0.6) is 0 Å². The first kappa shape index (κ1) is 21.8. The third-order valence-electron chi connectivity index (χ3n) is 5.15. The van der Waals surface area contributed by atoms with Crippen LogP contribution in [0.1, 0.15) is 11.5 Å². The summed E-state index contributed by atoms with van der Waals surface area (Å²) in [6, 6.07) is 9.17. The van der Waals surface area contributed by atoms with Crippen molar-refractivity contribution < 1.29 is 22.7 Å². The second-order valence-electron chi connectivity index (χ2n) is 7.44. The quantitative estimate of drug-likeness (QED) is 0.595. The summed E-state index contributed by atoms with van der Waals surface area (Å²) in [6.07, 6.45) is -4.65. The monoisotopic (exact) mass is 449 g/mol. The zero-order chi connectivity index (χ0) is 22.9. The number of aryl methyl sites for hydroxylation is 1. The first-order valence-corrected chi connectivity index (χ1v) is 9.96. The maximum Gasteiger partial charge on any atom is 0.453 e. The largest absolute Gasteiger partial charge is 0.468 e. The molecular weight excluding hydrogens is 427 g/mol. The molecule has 0 amide bonds. The van der Waals surface area contributed by atoms with Crippen molar-refractivity contribution in [3.05, 3.63) is 41.9 Å². The maximum atomic E-state index is 13.0. The van der Waals surface area contributed by atoms with Gasteiger partial charge < -0.3 is 15.0 Å². The number of rotatable bonds is 5. The van der Waals surface area contributed by atoms with Gasteiger partial charge in [0.05, 0.1) is 13.7 Å². The highest BCUT2D eigenvalue weighted by Gasteiger charge is 2.36. The molecule has 3 heterocycles. The normalized spacial score (nSPS) is 15.2. The third kappa shape index (κ3) is 4.74. The van der Waals surface area contributed by atoms with Crippen LogP contribution in [0.3, 0.4) is 0 Å². The Labute approximate surface area is 181 Å². The van der Waals surface area contributed by atoms with Crippen LogP contribution in [0, 0.1) is 6.92 Å². The minimum absolute atomic E-state index is 0.124. The smallest absolute Gasteiger partial charge is 0.453 e. The number of carbonyl (C=O) groups excluding carboxylic acids is 1. The molecule has 0 unspecified atom stereocenters. The van der Waals surface area contributed by atoms with Crippen molar-refractivity contribution in [3.8, 4) is 0 Å². The van der Waals surface area contributed by atoms with E-state index >= 15 is 0 Å². The van der Waals surface area contributed by atoms with Crippen LogP contribution in [-0.2, 0) is 15.7 Å². The SMILES string of the molecule is COC(=O)CN1CCN(c2ccc(Nc3cc(C)nc4nc(C(F)(F)F)nn34)cc2)CC1. The van der Waals surface area contributed by atoms with Gasteiger partial charge in [0.1, 0.15) is 5.82 Å². The van der Waals surface area contributed by atoms with Gasteiger partial charge in [0.2, 0.25) is 0 Å². The molecule has 0 aliphatic carbocycles. The molecule has 1 aromatic carbocycles. The van der Waals surface area contributed by atoms with Crippen LogP contribution in [-0.4, -0.2) is 70.3 Å². The summed E-state index contributed by atoms with van der Waals surface area (Å²) in [7, 11) is 1.38. The number of methoxy groups -OCH3 is 1. The minimum Gasteiger partial charge on any atom is -0.468 e. The van der Waals surface area contributed by atoms with Crippen LogP contribution in [0.2, 0.25) is 0 Å². The number of anilines is 3. The van der Waals surface area contributed by atoms with Crippen molar-refractivity contribution >= 4 is 28.9 Å². The highest BCUT2D eigenvalue weighted by atomic mass is 19.4. The lowest BCUT2D eigenvalue weighted by Gasteiger charge is -2.35. The predicted molar refractivity (Wildman–Crippen MR) is 111 cm³/mol. The van der Waals surface area contributed by atoms with Gasteiger partial charge in [-0.1, -0.05) is 0 Å². The van der Waals surface area contributed by atoms with Gasteiger partial charge >= 0.3 is 12.1 Å². The molecule has 0 radical (unpaired) electrons. The number of hydrogen-bond acceptors (Lipinski definition) is 8. The van der Waals surface area contributed by atoms with Crippen LogP contribution >= 0.6 is 0 Å². The van der Waals surface area contributed by atoms with Crippen LogP contribution in [0.15, 0.2) is 30.3 Å². The van der Waals surface area contributed by atoms with Gasteiger partial charge in [0, 0.05) is 49.3 Å². The zero-order valence-electron chi connectivity index (χ0n) is 17.6. The molecule has 3 aromatic rings. The number of alkyl halides is 3. The molecule has 32 heavy (non-hydrogen) atoms. The number of nitrogens with one attached hydrogen (secondary N) is 1. The number of esters is 1. The second-order valence-corrected chi connectivity index (χ2v) is 7.44. The fourth-order valence-electron chi connectivity index (χ4n) is 3.51. The van der Waals surface area contributed by atoms with E-state index in [0.717, 1.165) is 36.4 Å². The molecule has 0 bridgehead atoms. The van der Waals surface area contributed by atoms with Gasteiger partial charge in [-0.25, -0.2) is 4.98 Å². The number of benzene rings is 1.